The standard InChI is InChI=1S/C16H16N6O4/c1-11(17-19-13-3-7-15(8-4-13)21(23)24)12(2)18-20-14-5-9-16(10-6-14)22(25)26/h3-10,19-20H,1-2H3. The van der Waals surface area contributed by atoms with Crippen LogP contribution < -0.4 is 10.9 Å². The van der Waals surface area contributed by atoms with Gasteiger partial charge in [-0.3, -0.25) is 31.1 Å². The van der Waals surface area contributed by atoms with Gasteiger partial charge in [0.05, 0.1) is 32.6 Å². The molecule has 2 N–H and O–H groups in total. The molecule has 2 aromatic rings. The number of anilines is 2. The van der Waals surface area contributed by atoms with Crippen LogP contribution in [0.5, 0.6) is 0 Å². The summed E-state index contributed by atoms with van der Waals surface area (Å²) in [6, 6.07) is 11.7. The SMILES string of the molecule is CC(=NNc1ccc([N+](=O)[O-])cc1)C(C)=NNc1ccc([N+](=O)[O-])cc1. The van der Waals surface area contributed by atoms with Gasteiger partial charge in [0, 0.05) is 24.3 Å². The van der Waals surface area contributed by atoms with Crippen molar-refractivity contribution in [1.82, 2.24) is 0 Å². The molecule has 0 amide bonds. The van der Waals surface area contributed by atoms with E-state index in [1.165, 1.54) is 24.3 Å². The summed E-state index contributed by atoms with van der Waals surface area (Å²) < 4.78 is 0. The zero-order valence-electron chi connectivity index (χ0n) is 14.0. The number of nitrogens with one attached hydrogen (secondary N) is 2. The molecule has 2 aromatic carbocycles. The summed E-state index contributed by atoms with van der Waals surface area (Å²) in [4.78, 5) is 20.3. The molecule has 0 fully saturated rings. The highest BCUT2D eigenvalue weighted by molar-refractivity contribution is 6.40. The van der Waals surface area contributed by atoms with Crippen molar-refractivity contribution in [2.45, 2.75) is 13.8 Å². The molecule has 0 aliphatic rings. The average molecular weight is 356 g/mol. The molecular weight excluding hydrogens is 340 g/mol. The molecule has 26 heavy (non-hydrogen) atoms. The van der Waals surface area contributed by atoms with Gasteiger partial charge in [0.1, 0.15) is 0 Å². The molecule has 0 atom stereocenters. The highest BCUT2D eigenvalue weighted by atomic mass is 16.6. The molecule has 10 nitrogen and oxygen atoms in total. The summed E-state index contributed by atoms with van der Waals surface area (Å²) >= 11 is 0. The van der Waals surface area contributed by atoms with E-state index in [-0.39, 0.29) is 11.4 Å². The molecule has 0 saturated carbocycles. The molecule has 2 rings (SSSR count). The summed E-state index contributed by atoms with van der Waals surface area (Å²) in [5.74, 6) is 0. The summed E-state index contributed by atoms with van der Waals surface area (Å²) in [6.07, 6.45) is 0. The number of hydrogen-bond donors (Lipinski definition) is 2. The number of hydrazone groups is 2. The van der Waals surface area contributed by atoms with Crippen LogP contribution in [-0.2, 0) is 0 Å². The minimum absolute atomic E-state index is 0.00120. The van der Waals surface area contributed by atoms with Crippen LogP contribution in [0.3, 0.4) is 0 Å². The molecule has 0 aromatic heterocycles. The van der Waals surface area contributed by atoms with Gasteiger partial charge in [0.25, 0.3) is 11.4 Å². The highest BCUT2D eigenvalue weighted by Gasteiger charge is 2.05. The van der Waals surface area contributed by atoms with Gasteiger partial charge in [-0.25, -0.2) is 0 Å². The average Bonchev–Trinajstić information content (AvgIpc) is 2.64. The Kier molecular flexibility index (Phi) is 5.93. The van der Waals surface area contributed by atoms with E-state index in [2.05, 4.69) is 21.1 Å². The van der Waals surface area contributed by atoms with Crippen molar-refractivity contribution in [2.24, 2.45) is 10.2 Å². The Morgan fingerprint density at radius 3 is 1.31 bits per heavy atom. The number of rotatable bonds is 7. The summed E-state index contributed by atoms with van der Waals surface area (Å²) in [6.45, 7) is 3.49. The molecule has 10 heteroatoms. The van der Waals surface area contributed by atoms with E-state index in [1.807, 2.05) is 0 Å². The first-order valence-corrected chi connectivity index (χ1v) is 7.46. The summed E-state index contributed by atoms with van der Waals surface area (Å²) in [7, 11) is 0. The van der Waals surface area contributed by atoms with Gasteiger partial charge in [0.2, 0.25) is 0 Å². The van der Waals surface area contributed by atoms with Crippen molar-refractivity contribution in [2.75, 3.05) is 10.9 Å². The van der Waals surface area contributed by atoms with Gasteiger partial charge < -0.3 is 0 Å². The van der Waals surface area contributed by atoms with Crippen molar-refractivity contribution in [3.05, 3.63) is 68.8 Å². The Balaban J connectivity index is 1.97. The molecule has 0 heterocycles. The van der Waals surface area contributed by atoms with Crippen LogP contribution in [0.1, 0.15) is 13.8 Å². The van der Waals surface area contributed by atoms with Gasteiger partial charge in [0.15, 0.2) is 0 Å². The maximum atomic E-state index is 10.6. The Bertz CT molecular complexity index is 786. The van der Waals surface area contributed by atoms with Crippen LogP contribution >= 0.6 is 0 Å². The van der Waals surface area contributed by atoms with Crippen molar-refractivity contribution >= 4 is 34.2 Å². The summed E-state index contributed by atoms with van der Waals surface area (Å²) in [5.41, 5.74) is 7.98. The van der Waals surface area contributed by atoms with Crippen molar-refractivity contribution in [1.29, 1.82) is 0 Å². The largest absolute Gasteiger partial charge is 0.278 e. The first-order valence-electron chi connectivity index (χ1n) is 7.46. The Morgan fingerprint density at radius 2 is 1.04 bits per heavy atom. The van der Waals surface area contributed by atoms with E-state index >= 15 is 0 Å². The number of hydrogen-bond acceptors (Lipinski definition) is 8. The lowest BCUT2D eigenvalue weighted by Crippen LogP contribution is -2.10. The second-order valence-electron chi connectivity index (χ2n) is 5.23. The van der Waals surface area contributed by atoms with Crippen LogP contribution in [0, 0.1) is 20.2 Å². The van der Waals surface area contributed by atoms with Gasteiger partial charge in [-0.15, -0.1) is 0 Å². The third-order valence-corrected chi connectivity index (χ3v) is 3.39. The zero-order chi connectivity index (χ0) is 19.1. The van der Waals surface area contributed by atoms with Crippen LogP contribution in [0.4, 0.5) is 22.7 Å². The number of nitro groups is 2. The number of nitrogens with zero attached hydrogens (tertiary/aromatic N) is 4. The lowest BCUT2D eigenvalue weighted by atomic mass is 10.3. The van der Waals surface area contributed by atoms with E-state index in [0.29, 0.717) is 22.8 Å². The van der Waals surface area contributed by atoms with Crippen molar-refractivity contribution < 1.29 is 9.85 Å². The highest BCUT2D eigenvalue weighted by Crippen LogP contribution is 2.16. The predicted octanol–water partition coefficient (Wildman–Crippen LogP) is 3.78. The van der Waals surface area contributed by atoms with Gasteiger partial charge >= 0.3 is 0 Å². The van der Waals surface area contributed by atoms with Crippen molar-refractivity contribution in [3.63, 3.8) is 0 Å². The monoisotopic (exact) mass is 356 g/mol. The smallest absolute Gasteiger partial charge is 0.269 e. The van der Waals surface area contributed by atoms with E-state index in [4.69, 9.17) is 0 Å². The van der Waals surface area contributed by atoms with Crippen molar-refractivity contribution in [3.8, 4) is 0 Å². The molecule has 0 aliphatic heterocycles. The number of nitro benzene ring substituents is 2. The maximum absolute atomic E-state index is 10.6. The first-order chi connectivity index (χ1) is 12.4. The fourth-order valence-electron chi connectivity index (χ4n) is 1.77. The van der Waals surface area contributed by atoms with E-state index in [0.717, 1.165) is 0 Å². The van der Waals surface area contributed by atoms with E-state index in [9.17, 15) is 20.2 Å². The lowest BCUT2D eigenvalue weighted by Gasteiger charge is -2.05. The lowest BCUT2D eigenvalue weighted by molar-refractivity contribution is -0.385. The Labute approximate surface area is 148 Å². The van der Waals surface area contributed by atoms with Crippen LogP contribution in [0.2, 0.25) is 0 Å². The fourth-order valence-corrected chi connectivity index (χ4v) is 1.77. The van der Waals surface area contributed by atoms with Gasteiger partial charge in [-0.2, -0.15) is 10.2 Å². The third-order valence-electron chi connectivity index (χ3n) is 3.39. The molecule has 0 bridgehead atoms. The van der Waals surface area contributed by atoms with Crippen LogP contribution in [0.25, 0.3) is 0 Å². The number of benzene rings is 2. The third kappa shape index (κ3) is 5.09. The minimum atomic E-state index is -0.473. The Hall–Kier alpha value is -3.82. The second-order valence-corrected chi connectivity index (χ2v) is 5.23. The fraction of sp³-hybridized carbons (Fsp3) is 0.125. The number of non-ortho nitro benzene ring substituents is 2. The van der Waals surface area contributed by atoms with E-state index < -0.39 is 9.85 Å². The normalized spacial score (nSPS) is 11.8. The minimum Gasteiger partial charge on any atom is -0.278 e. The van der Waals surface area contributed by atoms with Gasteiger partial charge in [-0.1, -0.05) is 0 Å². The van der Waals surface area contributed by atoms with Crippen LogP contribution in [-0.4, -0.2) is 21.3 Å². The molecule has 0 saturated heterocycles. The van der Waals surface area contributed by atoms with E-state index in [1.54, 1.807) is 38.1 Å². The van der Waals surface area contributed by atoms with Gasteiger partial charge in [-0.05, 0) is 38.1 Å². The molecule has 0 unspecified atom stereocenters. The maximum Gasteiger partial charge on any atom is 0.269 e. The zero-order valence-corrected chi connectivity index (χ0v) is 14.0. The molecule has 0 spiro atoms. The quantitative estimate of drug-likeness (QED) is 0.440. The Morgan fingerprint density at radius 1 is 0.731 bits per heavy atom. The molecule has 0 aliphatic carbocycles. The topological polar surface area (TPSA) is 135 Å². The van der Waals surface area contributed by atoms with Crippen LogP contribution in [0.15, 0.2) is 58.7 Å². The molecule has 0 radical (unpaired) electrons. The second kappa shape index (κ2) is 8.33. The summed E-state index contributed by atoms with van der Waals surface area (Å²) in [5, 5.41) is 29.5. The molecule has 134 valence electrons. The first kappa shape index (κ1) is 18.5. The molecular formula is C16H16N6O4. The predicted molar refractivity (Wildman–Crippen MR) is 99.7 cm³/mol.